The van der Waals surface area contributed by atoms with Crippen molar-refractivity contribution in [3.63, 3.8) is 0 Å². The van der Waals surface area contributed by atoms with Gasteiger partial charge in [-0.25, -0.2) is 14.4 Å². The van der Waals surface area contributed by atoms with E-state index in [9.17, 15) is 4.39 Å². The summed E-state index contributed by atoms with van der Waals surface area (Å²) in [5.74, 6) is -0.249. The summed E-state index contributed by atoms with van der Waals surface area (Å²) in [7, 11) is 0. The lowest BCUT2D eigenvalue weighted by molar-refractivity contribution is 0.628. The first-order valence-corrected chi connectivity index (χ1v) is 4.80. The lowest BCUT2D eigenvalue weighted by atomic mass is 10.1. The molecule has 0 atom stereocenters. The zero-order valence-electron chi connectivity index (χ0n) is 8.26. The molecule has 2 aromatic heterocycles. The largest absolute Gasteiger partial charge is 0.296 e. The van der Waals surface area contributed by atoms with E-state index < -0.39 is 0 Å². The van der Waals surface area contributed by atoms with E-state index in [1.165, 1.54) is 12.1 Å². The highest BCUT2D eigenvalue weighted by Crippen LogP contribution is 2.19. The van der Waals surface area contributed by atoms with Crippen molar-refractivity contribution in [2.45, 2.75) is 0 Å². The Morgan fingerprint density at radius 2 is 2.00 bits per heavy atom. The SMILES string of the molecule is Fc1ccc(-c2cn[c]c3nccn23)cc1. The van der Waals surface area contributed by atoms with E-state index in [1.807, 2.05) is 10.6 Å². The molecule has 0 fully saturated rings. The van der Waals surface area contributed by atoms with Gasteiger partial charge >= 0.3 is 0 Å². The van der Waals surface area contributed by atoms with Crippen molar-refractivity contribution < 1.29 is 4.39 Å². The molecule has 0 aliphatic rings. The first kappa shape index (κ1) is 9.03. The molecule has 0 saturated carbocycles. The maximum atomic E-state index is 12.8. The van der Waals surface area contributed by atoms with Crippen LogP contribution < -0.4 is 0 Å². The van der Waals surface area contributed by atoms with Crippen molar-refractivity contribution in [2.75, 3.05) is 0 Å². The van der Waals surface area contributed by atoms with Crippen molar-refractivity contribution >= 4 is 5.65 Å². The quantitative estimate of drug-likeness (QED) is 0.619. The molecule has 0 N–H and O–H groups in total. The van der Waals surface area contributed by atoms with Crippen LogP contribution in [0.25, 0.3) is 16.9 Å². The number of nitrogens with zero attached hydrogens (tertiary/aromatic N) is 3. The van der Waals surface area contributed by atoms with E-state index in [4.69, 9.17) is 0 Å². The van der Waals surface area contributed by atoms with Gasteiger partial charge in [-0.1, -0.05) is 0 Å². The molecule has 0 aliphatic carbocycles. The van der Waals surface area contributed by atoms with Crippen molar-refractivity contribution in [3.05, 3.63) is 54.9 Å². The van der Waals surface area contributed by atoms with Crippen LogP contribution in [0.2, 0.25) is 0 Å². The standard InChI is InChI=1S/C12H7FN3/c13-10-3-1-9(2-4-10)11-7-14-8-12-15-5-6-16(11)12/h1-7H. The second kappa shape index (κ2) is 3.41. The number of hydrogen-bond acceptors (Lipinski definition) is 2. The maximum absolute atomic E-state index is 12.8. The third kappa shape index (κ3) is 1.35. The summed E-state index contributed by atoms with van der Waals surface area (Å²) < 4.78 is 14.7. The molecular weight excluding hydrogens is 205 g/mol. The van der Waals surface area contributed by atoms with E-state index in [0.717, 1.165) is 11.3 Å². The summed E-state index contributed by atoms with van der Waals surface area (Å²) in [6.07, 6.45) is 7.97. The van der Waals surface area contributed by atoms with Crippen molar-refractivity contribution in [3.8, 4) is 11.3 Å². The van der Waals surface area contributed by atoms with Gasteiger partial charge in [0.1, 0.15) is 12.0 Å². The van der Waals surface area contributed by atoms with Crippen molar-refractivity contribution in [2.24, 2.45) is 0 Å². The fraction of sp³-hybridized carbons (Fsp3) is 0. The molecule has 0 saturated heterocycles. The fourth-order valence-corrected chi connectivity index (χ4v) is 1.63. The number of benzene rings is 1. The number of aromatic nitrogens is 3. The fourth-order valence-electron chi connectivity index (χ4n) is 1.63. The van der Waals surface area contributed by atoms with E-state index in [1.54, 1.807) is 24.5 Å². The molecule has 3 nitrogen and oxygen atoms in total. The molecule has 0 bridgehead atoms. The number of fused-ring (bicyclic) bond motifs is 1. The number of halogens is 1. The monoisotopic (exact) mass is 212 g/mol. The van der Waals surface area contributed by atoms with Crippen LogP contribution in [0.4, 0.5) is 4.39 Å². The molecule has 16 heavy (non-hydrogen) atoms. The first-order valence-electron chi connectivity index (χ1n) is 4.80. The van der Waals surface area contributed by atoms with Crippen LogP contribution in [0, 0.1) is 12.0 Å². The molecule has 77 valence electrons. The second-order valence-corrected chi connectivity index (χ2v) is 3.38. The number of hydrogen-bond donors (Lipinski definition) is 0. The van der Waals surface area contributed by atoms with Gasteiger partial charge < -0.3 is 0 Å². The number of imidazole rings is 1. The zero-order valence-corrected chi connectivity index (χ0v) is 8.26. The molecule has 2 heterocycles. The van der Waals surface area contributed by atoms with E-state index >= 15 is 0 Å². The Hall–Kier alpha value is -2.23. The zero-order chi connectivity index (χ0) is 11.0. The Labute approximate surface area is 91.2 Å². The van der Waals surface area contributed by atoms with Crippen LogP contribution in [0.3, 0.4) is 0 Å². The topological polar surface area (TPSA) is 30.2 Å². The van der Waals surface area contributed by atoms with Crippen LogP contribution in [0.15, 0.2) is 42.9 Å². The summed E-state index contributed by atoms with van der Waals surface area (Å²) in [4.78, 5) is 8.08. The predicted molar refractivity (Wildman–Crippen MR) is 57.2 cm³/mol. The predicted octanol–water partition coefficient (Wildman–Crippen LogP) is 2.34. The Balaban J connectivity index is 2.25. The van der Waals surface area contributed by atoms with Gasteiger partial charge in [-0.2, -0.15) is 0 Å². The van der Waals surface area contributed by atoms with Crippen LogP contribution in [0.1, 0.15) is 0 Å². The first-order chi connectivity index (χ1) is 7.84. The molecule has 1 aromatic carbocycles. The Morgan fingerprint density at radius 1 is 1.19 bits per heavy atom. The normalized spacial score (nSPS) is 10.8. The van der Waals surface area contributed by atoms with Gasteiger partial charge in [0.25, 0.3) is 0 Å². The average Bonchev–Trinajstić information content (AvgIpc) is 2.78. The smallest absolute Gasteiger partial charge is 0.165 e. The van der Waals surface area contributed by atoms with Crippen LogP contribution in [-0.2, 0) is 0 Å². The minimum Gasteiger partial charge on any atom is -0.296 e. The molecule has 3 aromatic rings. The third-order valence-corrected chi connectivity index (χ3v) is 2.39. The lowest BCUT2D eigenvalue weighted by Crippen LogP contribution is -1.92. The third-order valence-electron chi connectivity index (χ3n) is 2.39. The van der Waals surface area contributed by atoms with Gasteiger partial charge in [-0.05, 0) is 24.3 Å². The summed E-state index contributed by atoms with van der Waals surface area (Å²) in [5.41, 5.74) is 2.42. The summed E-state index contributed by atoms with van der Waals surface area (Å²) in [6.45, 7) is 0. The lowest BCUT2D eigenvalue weighted by Gasteiger charge is -2.03. The maximum Gasteiger partial charge on any atom is 0.165 e. The van der Waals surface area contributed by atoms with Gasteiger partial charge in [-0.15, -0.1) is 0 Å². The summed E-state index contributed by atoms with van der Waals surface area (Å²) in [6, 6.07) is 6.28. The molecule has 4 heteroatoms. The van der Waals surface area contributed by atoms with Crippen molar-refractivity contribution in [1.82, 2.24) is 14.4 Å². The van der Waals surface area contributed by atoms with Crippen LogP contribution in [-0.4, -0.2) is 14.4 Å². The highest BCUT2D eigenvalue weighted by molar-refractivity contribution is 5.61. The van der Waals surface area contributed by atoms with Gasteiger partial charge in [0.05, 0.1) is 11.9 Å². The minimum atomic E-state index is -0.249. The average molecular weight is 212 g/mol. The summed E-state index contributed by atoms with van der Waals surface area (Å²) in [5, 5.41) is 0. The van der Waals surface area contributed by atoms with Gasteiger partial charge in [-0.3, -0.25) is 4.40 Å². The Kier molecular flexibility index (Phi) is 1.93. The molecule has 0 amide bonds. The Bertz CT molecular complexity index is 628. The highest BCUT2D eigenvalue weighted by Gasteiger charge is 2.04. The molecule has 1 radical (unpaired) electrons. The van der Waals surface area contributed by atoms with E-state index in [2.05, 4.69) is 16.2 Å². The van der Waals surface area contributed by atoms with E-state index in [-0.39, 0.29) is 5.82 Å². The molecular formula is C12H7FN3. The van der Waals surface area contributed by atoms with Gasteiger partial charge in [0, 0.05) is 18.0 Å². The second-order valence-electron chi connectivity index (χ2n) is 3.38. The Morgan fingerprint density at radius 3 is 2.81 bits per heavy atom. The molecule has 0 spiro atoms. The van der Waals surface area contributed by atoms with E-state index in [0.29, 0.717) is 5.65 Å². The van der Waals surface area contributed by atoms with Gasteiger partial charge in [0.2, 0.25) is 0 Å². The van der Waals surface area contributed by atoms with Crippen LogP contribution in [0.5, 0.6) is 0 Å². The summed E-state index contributed by atoms with van der Waals surface area (Å²) >= 11 is 0. The number of rotatable bonds is 1. The highest BCUT2D eigenvalue weighted by atomic mass is 19.1. The van der Waals surface area contributed by atoms with Gasteiger partial charge in [0.15, 0.2) is 5.65 Å². The molecule has 3 rings (SSSR count). The molecule has 0 aliphatic heterocycles. The van der Waals surface area contributed by atoms with Crippen LogP contribution >= 0.6 is 0 Å². The van der Waals surface area contributed by atoms with Crippen molar-refractivity contribution in [1.29, 1.82) is 0 Å². The minimum absolute atomic E-state index is 0.249. The molecule has 0 unspecified atom stereocenters.